The lowest BCUT2D eigenvalue weighted by molar-refractivity contribution is 0.102. The van der Waals surface area contributed by atoms with E-state index in [2.05, 4.69) is 6.08 Å². The molecule has 2 nitrogen and oxygen atoms in total. The Kier molecular flexibility index (Phi) is 3.32. The third kappa shape index (κ3) is 2.41. The van der Waals surface area contributed by atoms with Gasteiger partial charge in [0.15, 0.2) is 5.78 Å². The molecule has 0 saturated carbocycles. The number of allylic oxidation sites excluding steroid dienone is 2. The van der Waals surface area contributed by atoms with Crippen molar-refractivity contribution in [3.05, 3.63) is 40.5 Å². The quantitative estimate of drug-likeness (QED) is 0.622. The fraction of sp³-hybridized carbons (Fsp3) is 0.400. The minimum atomic E-state index is 0.161. The molecular formula is C15H19NO. The summed E-state index contributed by atoms with van der Waals surface area (Å²) in [7, 11) is 0. The van der Waals surface area contributed by atoms with Gasteiger partial charge in [0, 0.05) is 11.3 Å². The van der Waals surface area contributed by atoms with E-state index in [0.717, 1.165) is 41.5 Å². The maximum atomic E-state index is 12.4. The molecule has 2 heteroatoms. The van der Waals surface area contributed by atoms with E-state index in [-0.39, 0.29) is 5.78 Å². The van der Waals surface area contributed by atoms with E-state index in [1.807, 2.05) is 26.0 Å². The number of nitrogens with two attached hydrogens (primary N) is 1. The highest BCUT2D eigenvalue weighted by Gasteiger charge is 2.17. The van der Waals surface area contributed by atoms with Crippen molar-refractivity contribution in [1.82, 2.24) is 0 Å². The van der Waals surface area contributed by atoms with Crippen LogP contribution in [0.15, 0.2) is 23.8 Å². The Morgan fingerprint density at radius 1 is 1.18 bits per heavy atom. The summed E-state index contributed by atoms with van der Waals surface area (Å²) >= 11 is 0. The summed E-state index contributed by atoms with van der Waals surface area (Å²) in [5.41, 5.74) is 10.4. The zero-order chi connectivity index (χ0) is 12.4. The van der Waals surface area contributed by atoms with Crippen molar-refractivity contribution in [2.45, 2.75) is 39.5 Å². The Bertz CT molecular complexity index is 486. The highest BCUT2D eigenvalue weighted by Crippen LogP contribution is 2.25. The van der Waals surface area contributed by atoms with Gasteiger partial charge in [0.1, 0.15) is 0 Å². The largest absolute Gasteiger partial charge is 0.398 e. The molecule has 1 aromatic carbocycles. The molecule has 0 aromatic heterocycles. The molecule has 1 aromatic rings. The van der Waals surface area contributed by atoms with E-state index in [0.29, 0.717) is 5.69 Å². The maximum absolute atomic E-state index is 12.4. The zero-order valence-corrected chi connectivity index (χ0v) is 10.5. The highest BCUT2D eigenvalue weighted by molar-refractivity contribution is 6.10. The lowest BCUT2D eigenvalue weighted by Gasteiger charge is -2.14. The third-order valence-electron chi connectivity index (χ3n) is 3.44. The minimum absolute atomic E-state index is 0.161. The van der Waals surface area contributed by atoms with E-state index < -0.39 is 0 Å². The number of rotatable bonds is 2. The monoisotopic (exact) mass is 229 g/mol. The summed E-state index contributed by atoms with van der Waals surface area (Å²) < 4.78 is 0. The summed E-state index contributed by atoms with van der Waals surface area (Å²) in [5.74, 6) is 0.161. The van der Waals surface area contributed by atoms with Crippen LogP contribution in [0.1, 0.15) is 47.2 Å². The fourth-order valence-electron chi connectivity index (χ4n) is 2.33. The Labute approximate surface area is 103 Å². The van der Waals surface area contributed by atoms with Crippen LogP contribution in [0.3, 0.4) is 0 Å². The van der Waals surface area contributed by atoms with Crippen LogP contribution >= 0.6 is 0 Å². The number of carbonyl (C=O) groups is 1. The Balaban J connectivity index is 2.37. The smallest absolute Gasteiger partial charge is 0.189 e. The average Bonchev–Trinajstić information content (AvgIpc) is 2.34. The van der Waals surface area contributed by atoms with Gasteiger partial charge in [-0.15, -0.1) is 0 Å². The van der Waals surface area contributed by atoms with Crippen LogP contribution in [0.5, 0.6) is 0 Å². The van der Waals surface area contributed by atoms with Gasteiger partial charge in [-0.05, 0) is 62.3 Å². The molecule has 0 radical (unpaired) electrons. The van der Waals surface area contributed by atoms with Crippen LogP contribution in [0, 0.1) is 13.8 Å². The minimum Gasteiger partial charge on any atom is -0.398 e. The van der Waals surface area contributed by atoms with E-state index >= 15 is 0 Å². The number of carbonyl (C=O) groups excluding carboxylic acids is 1. The number of benzene rings is 1. The second-order valence-electron chi connectivity index (χ2n) is 4.83. The SMILES string of the molecule is Cc1cc(C)c(C(=O)C2=CCCCC2)cc1N. The number of ketones is 1. The van der Waals surface area contributed by atoms with Crippen molar-refractivity contribution in [2.75, 3.05) is 5.73 Å². The van der Waals surface area contributed by atoms with Crippen LogP contribution in [0.4, 0.5) is 5.69 Å². The fourth-order valence-corrected chi connectivity index (χ4v) is 2.33. The van der Waals surface area contributed by atoms with Crippen molar-refractivity contribution < 1.29 is 4.79 Å². The first-order valence-corrected chi connectivity index (χ1v) is 6.20. The third-order valence-corrected chi connectivity index (χ3v) is 3.44. The molecule has 1 aliphatic carbocycles. The van der Waals surface area contributed by atoms with Gasteiger partial charge in [-0.2, -0.15) is 0 Å². The molecule has 0 bridgehead atoms. The molecule has 0 spiro atoms. The molecule has 0 unspecified atom stereocenters. The van der Waals surface area contributed by atoms with E-state index in [1.54, 1.807) is 0 Å². The molecule has 0 saturated heterocycles. The van der Waals surface area contributed by atoms with Gasteiger partial charge in [0.25, 0.3) is 0 Å². The van der Waals surface area contributed by atoms with Crippen molar-refractivity contribution in [2.24, 2.45) is 0 Å². The van der Waals surface area contributed by atoms with Gasteiger partial charge in [0.05, 0.1) is 0 Å². The summed E-state index contributed by atoms with van der Waals surface area (Å²) in [4.78, 5) is 12.4. The molecular weight excluding hydrogens is 210 g/mol. The van der Waals surface area contributed by atoms with Crippen LogP contribution in [-0.2, 0) is 0 Å². The van der Waals surface area contributed by atoms with Crippen LogP contribution in [-0.4, -0.2) is 5.78 Å². The summed E-state index contributed by atoms with van der Waals surface area (Å²) in [5, 5.41) is 0. The topological polar surface area (TPSA) is 43.1 Å². The van der Waals surface area contributed by atoms with Gasteiger partial charge in [-0.1, -0.05) is 12.1 Å². The Morgan fingerprint density at radius 3 is 2.59 bits per heavy atom. The lowest BCUT2D eigenvalue weighted by Crippen LogP contribution is -2.09. The molecule has 90 valence electrons. The molecule has 0 amide bonds. The van der Waals surface area contributed by atoms with Gasteiger partial charge in [-0.3, -0.25) is 4.79 Å². The predicted octanol–water partition coefficient (Wildman–Crippen LogP) is 3.57. The second kappa shape index (κ2) is 4.74. The molecule has 0 aliphatic heterocycles. The Hall–Kier alpha value is -1.57. The molecule has 1 aliphatic rings. The second-order valence-corrected chi connectivity index (χ2v) is 4.83. The Morgan fingerprint density at radius 2 is 1.94 bits per heavy atom. The summed E-state index contributed by atoms with van der Waals surface area (Å²) in [6.07, 6.45) is 6.35. The van der Waals surface area contributed by atoms with Gasteiger partial charge >= 0.3 is 0 Å². The standard InChI is InChI=1S/C15H19NO/c1-10-8-11(2)14(16)9-13(10)15(17)12-6-4-3-5-7-12/h6,8-9H,3-5,7,16H2,1-2H3. The van der Waals surface area contributed by atoms with Crippen LogP contribution in [0.2, 0.25) is 0 Å². The first kappa shape index (κ1) is 11.9. The molecule has 2 rings (SSSR count). The van der Waals surface area contributed by atoms with E-state index in [9.17, 15) is 4.79 Å². The summed E-state index contributed by atoms with van der Waals surface area (Å²) in [6, 6.07) is 3.81. The molecule has 17 heavy (non-hydrogen) atoms. The predicted molar refractivity (Wildman–Crippen MR) is 71.2 cm³/mol. The molecule has 0 fully saturated rings. The number of aryl methyl sites for hydroxylation is 2. The molecule has 2 N–H and O–H groups in total. The van der Waals surface area contributed by atoms with Gasteiger partial charge in [-0.25, -0.2) is 0 Å². The average molecular weight is 229 g/mol. The number of anilines is 1. The first-order valence-electron chi connectivity index (χ1n) is 6.20. The number of nitrogen functional groups attached to an aromatic ring is 1. The molecule has 0 atom stereocenters. The van der Waals surface area contributed by atoms with Crippen LogP contribution < -0.4 is 5.73 Å². The van der Waals surface area contributed by atoms with Crippen molar-refractivity contribution in [1.29, 1.82) is 0 Å². The first-order chi connectivity index (χ1) is 8.09. The normalized spacial score (nSPS) is 15.5. The van der Waals surface area contributed by atoms with Crippen molar-refractivity contribution in [3.63, 3.8) is 0 Å². The zero-order valence-electron chi connectivity index (χ0n) is 10.5. The van der Waals surface area contributed by atoms with Gasteiger partial charge in [0.2, 0.25) is 0 Å². The van der Waals surface area contributed by atoms with E-state index in [1.165, 1.54) is 6.42 Å². The number of hydrogen-bond acceptors (Lipinski definition) is 2. The number of Topliss-reactive ketones (excluding diaryl/α,β-unsaturated/α-hetero) is 1. The maximum Gasteiger partial charge on any atom is 0.189 e. The van der Waals surface area contributed by atoms with E-state index in [4.69, 9.17) is 5.73 Å². The van der Waals surface area contributed by atoms with Crippen molar-refractivity contribution >= 4 is 11.5 Å². The lowest BCUT2D eigenvalue weighted by atomic mass is 9.90. The highest BCUT2D eigenvalue weighted by atomic mass is 16.1. The number of hydrogen-bond donors (Lipinski definition) is 1. The van der Waals surface area contributed by atoms with Crippen molar-refractivity contribution in [3.8, 4) is 0 Å². The summed E-state index contributed by atoms with van der Waals surface area (Å²) in [6.45, 7) is 3.94. The van der Waals surface area contributed by atoms with Crippen LogP contribution in [0.25, 0.3) is 0 Å². The molecule has 0 heterocycles. The van der Waals surface area contributed by atoms with Gasteiger partial charge < -0.3 is 5.73 Å².